The summed E-state index contributed by atoms with van der Waals surface area (Å²) in [5.74, 6) is 1.80. The molecule has 0 aromatic heterocycles. The van der Waals surface area contributed by atoms with Crippen LogP contribution in [0, 0.1) is 12.3 Å². The molecule has 1 aliphatic rings. The molecule has 0 bridgehead atoms. The number of carbonyl (C=O) groups is 2. The van der Waals surface area contributed by atoms with E-state index in [2.05, 4.69) is 21.3 Å². The fourth-order valence-corrected chi connectivity index (χ4v) is 3.97. The van der Waals surface area contributed by atoms with Gasteiger partial charge < -0.3 is 5.32 Å². The summed E-state index contributed by atoms with van der Waals surface area (Å²) in [4.78, 5) is 30.8. The highest BCUT2D eigenvalue weighted by atomic mass is 16.2. The maximum absolute atomic E-state index is 13.5. The molecule has 0 heterocycles. The Morgan fingerprint density at radius 1 is 1.13 bits per heavy atom. The number of hydrogen-bond acceptors (Lipinski definition) is 3. The van der Waals surface area contributed by atoms with E-state index in [4.69, 9.17) is 12.0 Å². The van der Waals surface area contributed by atoms with Crippen LogP contribution in [0.1, 0.15) is 49.3 Å². The van der Waals surface area contributed by atoms with Gasteiger partial charge in [0.25, 0.3) is 0 Å². The Balaban J connectivity index is 2.07. The van der Waals surface area contributed by atoms with Gasteiger partial charge in [-0.25, -0.2) is 0 Å². The van der Waals surface area contributed by atoms with E-state index in [0.29, 0.717) is 16.8 Å². The molecule has 0 saturated heterocycles. The minimum atomic E-state index is -0.945. The van der Waals surface area contributed by atoms with Crippen molar-refractivity contribution in [1.29, 1.82) is 0 Å². The molecule has 1 aliphatic carbocycles. The zero-order valence-electron chi connectivity index (χ0n) is 17.3. The second-order valence-electron chi connectivity index (χ2n) is 7.47. The third-order valence-corrected chi connectivity index (χ3v) is 5.43. The monoisotopic (exact) mass is 415 g/mol. The lowest BCUT2D eigenvalue weighted by Crippen LogP contribution is -2.48. The summed E-state index contributed by atoms with van der Waals surface area (Å²) in [7, 11) is 0. The molecule has 0 aliphatic heterocycles. The summed E-state index contributed by atoms with van der Waals surface area (Å²) in [5, 5.41) is 6.56. The summed E-state index contributed by atoms with van der Waals surface area (Å²) < 4.78 is 0. The predicted octanol–water partition coefficient (Wildman–Crippen LogP) is 4.50. The van der Waals surface area contributed by atoms with Crippen molar-refractivity contribution >= 4 is 17.5 Å². The maximum Gasteiger partial charge on any atom is 0.248 e. The molecule has 7 nitrogen and oxygen atoms in total. The number of nitrogens with zero attached hydrogens (tertiary/aromatic N) is 4. The van der Waals surface area contributed by atoms with Gasteiger partial charge in [-0.05, 0) is 36.1 Å². The fourth-order valence-electron chi connectivity index (χ4n) is 3.97. The third kappa shape index (κ3) is 5.44. The molecule has 2 aromatic carbocycles. The molecule has 7 heteroatoms. The van der Waals surface area contributed by atoms with Gasteiger partial charge in [-0.3, -0.25) is 14.5 Å². The number of rotatable bonds is 7. The minimum absolute atomic E-state index is 0.0735. The summed E-state index contributed by atoms with van der Waals surface area (Å²) in [6, 6.07) is 15.2. The van der Waals surface area contributed by atoms with Gasteiger partial charge in [0.05, 0.1) is 5.69 Å². The zero-order chi connectivity index (χ0) is 22.1. The summed E-state index contributed by atoms with van der Waals surface area (Å²) >= 11 is 0. The van der Waals surface area contributed by atoms with Crippen LogP contribution in [0.2, 0.25) is 0 Å². The quantitative estimate of drug-likeness (QED) is 0.312. The molecule has 1 saturated carbocycles. The van der Waals surface area contributed by atoms with Crippen LogP contribution < -0.4 is 10.2 Å². The van der Waals surface area contributed by atoms with E-state index < -0.39 is 18.5 Å². The number of hydrogen-bond donors (Lipinski definition) is 1. The lowest BCUT2D eigenvalue weighted by Gasteiger charge is -2.33. The Morgan fingerprint density at radius 2 is 1.81 bits per heavy atom. The number of benzene rings is 2. The van der Waals surface area contributed by atoms with Crippen molar-refractivity contribution in [2.45, 2.75) is 44.2 Å². The van der Waals surface area contributed by atoms with Crippen molar-refractivity contribution in [1.82, 2.24) is 5.32 Å². The third-order valence-electron chi connectivity index (χ3n) is 5.43. The summed E-state index contributed by atoms with van der Waals surface area (Å²) in [6.07, 6.45) is 10.8. The highest BCUT2D eigenvalue weighted by molar-refractivity contribution is 6.03. The van der Waals surface area contributed by atoms with E-state index in [9.17, 15) is 9.59 Å². The average molecular weight is 415 g/mol. The van der Waals surface area contributed by atoms with E-state index in [0.717, 1.165) is 25.7 Å². The second-order valence-corrected chi connectivity index (χ2v) is 7.47. The number of anilines is 1. The Morgan fingerprint density at radius 3 is 2.48 bits per heavy atom. The number of azide groups is 1. The second kappa shape index (κ2) is 10.9. The zero-order valence-corrected chi connectivity index (χ0v) is 17.3. The van der Waals surface area contributed by atoms with Crippen LogP contribution in [-0.4, -0.2) is 24.4 Å². The first-order chi connectivity index (χ1) is 15.2. The van der Waals surface area contributed by atoms with Crippen molar-refractivity contribution in [3.05, 3.63) is 76.2 Å². The number of amides is 2. The molecule has 0 radical (unpaired) electrons. The van der Waals surface area contributed by atoms with Crippen LogP contribution in [0.5, 0.6) is 0 Å². The Kier molecular flexibility index (Phi) is 7.69. The number of nitrogens with one attached hydrogen (secondary N) is 1. The Bertz CT molecular complexity index is 1000. The van der Waals surface area contributed by atoms with Gasteiger partial charge in [0, 0.05) is 16.5 Å². The summed E-state index contributed by atoms with van der Waals surface area (Å²) in [5.41, 5.74) is 10.3. The molecule has 1 atom stereocenters. The van der Waals surface area contributed by atoms with Crippen LogP contribution in [0.25, 0.3) is 10.4 Å². The van der Waals surface area contributed by atoms with Crippen LogP contribution in [0.15, 0.2) is 59.7 Å². The van der Waals surface area contributed by atoms with Crippen molar-refractivity contribution in [2.24, 2.45) is 5.11 Å². The molecule has 158 valence electrons. The van der Waals surface area contributed by atoms with E-state index in [1.807, 2.05) is 18.2 Å². The van der Waals surface area contributed by atoms with E-state index in [-0.39, 0.29) is 11.9 Å². The topological polar surface area (TPSA) is 98.2 Å². The summed E-state index contributed by atoms with van der Waals surface area (Å²) in [6.45, 7) is -0.421. The van der Waals surface area contributed by atoms with Gasteiger partial charge in [0.1, 0.15) is 12.6 Å². The average Bonchev–Trinajstić information content (AvgIpc) is 2.82. The highest BCUT2D eigenvalue weighted by Crippen LogP contribution is 2.31. The molecule has 31 heavy (non-hydrogen) atoms. The van der Waals surface area contributed by atoms with Crippen molar-refractivity contribution in [2.75, 3.05) is 11.4 Å². The van der Waals surface area contributed by atoms with E-state index in [1.54, 1.807) is 36.4 Å². The lowest BCUT2D eigenvalue weighted by molar-refractivity contribution is -0.126. The smallest absolute Gasteiger partial charge is 0.248 e. The fraction of sp³-hybridized carbons (Fsp3) is 0.333. The molecule has 2 aromatic rings. The molecule has 1 unspecified atom stereocenters. The standard InChI is InChI=1S/C24H25N5O2/c1-2-18-11-9-10-16-21(18)29(22(30)17-26-28-25)23(19-12-5-3-6-13-19)24(31)27-20-14-7-4-8-15-20/h1,3,5-6,9-13,16,20,23H,4,7-8,14-15,17H2,(H,27,31). The van der Waals surface area contributed by atoms with Gasteiger partial charge in [-0.2, -0.15) is 0 Å². The maximum atomic E-state index is 13.5. The molecule has 2 amide bonds. The Labute approximate surface area is 182 Å². The number of carbonyl (C=O) groups excluding carboxylic acids is 2. The highest BCUT2D eigenvalue weighted by Gasteiger charge is 2.34. The predicted molar refractivity (Wildman–Crippen MR) is 120 cm³/mol. The van der Waals surface area contributed by atoms with Gasteiger partial charge in [0.2, 0.25) is 11.8 Å². The van der Waals surface area contributed by atoms with Gasteiger partial charge in [0.15, 0.2) is 0 Å². The van der Waals surface area contributed by atoms with Crippen LogP contribution >= 0.6 is 0 Å². The number of para-hydroxylation sites is 1. The van der Waals surface area contributed by atoms with Crippen molar-refractivity contribution < 1.29 is 9.59 Å². The first kappa shape index (κ1) is 21.9. The van der Waals surface area contributed by atoms with Gasteiger partial charge >= 0.3 is 0 Å². The molecule has 1 fully saturated rings. The molecule has 3 rings (SSSR count). The van der Waals surface area contributed by atoms with E-state index in [1.165, 1.54) is 11.3 Å². The molecule has 0 spiro atoms. The van der Waals surface area contributed by atoms with Crippen LogP contribution in [0.3, 0.4) is 0 Å². The lowest BCUT2D eigenvalue weighted by atomic mass is 9.94. The van der Waals surface area contributed by atoms with Crippen LogP contribution in [-0.2, 0) is 9.59 Å². The van der Waals surface area contributed by atoms with Crippen molar-refractivity contribution in [3.8, 4) is 12.3 Å². The largest absolute Gasteiger partial charge is 0.351 e. The molecular weight excluding hydrogens is 390 g/mol. The van der Waals surface area contributed by atoms with Crippen LogP contribution in [0.4, 0.5) is 5.69 Å². The molecule has 1 N–H and O–H groups in total. The van der Waals surface area contributed by atoms with Gasteiger partial charge in [-0.1, -0.05) is 72.8 Å². The molecular formula is C24H25N5O2. The Hall–Kier alpha value is -3.75. The number of terminal acetylenes is 1. The normalized spacial score (nSPS) is 14.5. The van der Waals surface area contributed by atoms with Crippen molar-refractivity contribution in [3.63, 3.8) is 0 Å². The minimum Gasteiger partial charge on any atom is -0.351 e. The van der Waals surface area contributed by atoms with Gasteiger partial charge in [-0.15, -0.1) is 6.42 Å². The first-order valence-corrected chi connectivity index (χ1v) is 10.4. The van der Waals surface area contributed by atoms with E-state index >= 15 is 0 Å². The SMILES string of the molecule is C#Cc1ccccc1N(C(=O)CN=[N+]=[N-])C(C(=O)NC1CCCCC1)c1ccccc1. The first-order valence-electron chi connectivity index (χ1n) is 10.4.